The fourth-order valence-corrected chi connectivity index (χ4v) is 7.01. The molecule has 0 radical (unpaired) electrons. The largest absolute Gasteiger partial charge is 0.755 e. The minimum Gasteiger partial charge on any atom is -0.755 e. The van der Waals surface area contributed by atoms with Crippen LogP contribution in [0.5, 0.6) is 0 Å². The predicted octanol–water partition coefficient (Wildman–Crippen LogP) is 1.85. The van der Waals surface area contributed by atoms with Crippen LogP contribution in [0.4, 0.5) is 0 Å². The van der Waals surface area contributed by atoms with Crippen molar-refractivity contribution in [2.45, 2.75) is 38.5 Å². The molecule has 7 aliphatic rings. The Kier molecular flexibility index (Phi) is 3.18. The minimum absolute atomic E-state index is 0.0864. The summed E-state index contributed by atoms with van der Waals surface area (Å²) in [5.41, 5.74) is 0. The van der Waals surface area contributed by atoms with Crippen LogP contribution in [-0.4, -0.2) is 15.2 Å². The highest BCUT2D eigenvalue weighted by Crippen LogP contribution is 2.71. The molecule has 8 bridgehead atoms. The van der Waals surface area contributed by atoms with Crippen molar-refractivity contribution in [3.63, 3.8) is 0 Å². The van der Waals surface area contributed by atoms with Crippen molar-refractivity contribution in [1.29, 1.82) is 0 Å². The van der Waals surface area contributed by atoms with Gasteiger partial charge in [0.05, 0.1) is 0 Å². The van der Waals surface area contributed by atoms with E-state index in [4.69, 9.17) is 4.79 Å². The van der Waals surface area contributed by atoms with Gasteiger partial charge in [-0.3, -0.25) is 13.7 Å². The number of hydrogen-bond acceptors (Lipinski definition) is 3. The van der Waals surface area contributed by atoms with Gasteiger partial charge >= 0.3 is 0 Å². The van der Waals surface area contributed by atoms with Gasteiger partial charge in [-0.2, -0.15) is 0 Å². The highest BCUT2D eigenvalue weighted by Gasteiger charge is 2.63. The molecule has 1 N–H and O–H groups in total. The van der Waals surface area contributed by atoms with E-state index in [1.807, 2.05) is 0 Å². The molecule has 5 heteroatoms. The summed E-state index contributed by atoms with van der Waals surface area (Å²) in [4.78, 5) is 9.11. The Balaban J connectivity index is 0.000000154. The third kappa shape index (κ3) is 1.89. The molecule has 20 heavy (non-hydrogen) atoms. The summed E-state index contributed by atoms with van der Waals surface area (Å²) in [5, 5.41) is 0. The quantitative estimate of drug-likeness (QED) is 0.624. The van der Waals surface area contributed by atoms with Crippen molar-refractivity contribution in [2.24, 2.45) is 47.3 Å². The summed E-state index contributed by atoms with van der Waals surface area (Å²) in [7, 11) is 0. The Morgan fingerprint density at radius 1 is 0.800 bits per heavy atom. The van der Waals surface area contributed by atoms with Gasteiger partial charge in [-0.25, -0.2) is 0 Å². The predicted molar refractivity (Wildman–Crippen MR) is 73.7 cm³/mol. The van der Waals surface area contributed by atoms with Crippen LogP contribution >= 0.6 is 0 Å². The summed E-state index contributed by atoms with van der Waals surface area (Å²) < 4.78 is 20.0. The van der Waals surface area contributed by atoms with E-state index in [1.54, 1.807) is 38.5 Å². The first-order chi connectivity index (χ1) is 9.67. The Hall–Kier alpha value is -0.420. The highest BCUT2D eigenvalue weighted by atomic mass is 32.2. The van der Waals surface area contributed by atoms with Crippen molar-refractivity contribution < 1.29 is 13.6 Å². The second-order valence-corrected chi connectivity index (χ2v) is 8.30. The average molecular weight is 296 g/mol. The van der Waals surface area contributed by atoms with Crippen LogP contribution in [0.1, 0.15) is 38.5 Å². The molecule has 0 aromatic heterocycles. The number of rotatable bonds is 2. The Morgan fingerprint density at radius 3 is 1.25 bits per heavy atom. The third-order valence-corrected chi connectivity index (χ3v) is 7.37. The van der Waals surface area contributed by atoms with Gasteiger partial charge in [0.15, 0.2) is 0 Å². The zero-order valence-electron chi connectivity index (χ0n) is 11.6. The maximum absolute atomic E-state index is 9.26. The Labute approximate surface area is 122 Å². The smallest absolute Gasteiger partial charge is 0.217 e. The minimum atomic E-state index is -2.43. The third-order valence-electron chi connectivity index (χ3n) is 7.08. The van der Waals surface area contributed by atoms with Gasteiger partial charge in [-0.15, -0.1) is 0 Å². The van der Waals surface area contributed by atoms with Gasteiger partial charge in [0.25, 0.3) is 0 Å². The van der Waals surface area contributed by atoms with E-state index < -0.39 is 11.3 Å². The van der Waals surface area contributed by atoms with E-state index in [2.05, 4.69) is 0 Å². The van der Waals surface area contributed by atoms with Crippen LogP contribution < -0.4 is 4.72 Å². The van der Waals surface area contributed by atoms with Gasteiger partial charge in [0.2, 0.25) is 6.41 Å². The van der Waals surface area contributed by atoms with Crippen LogP contribution in [0.2, 0.25) is 0 Å². The van der Waals surface area contributed by atoms with Gasteiger partial charge in [-0.05, 0) is 85.9 Å². The summed E-state index contributed by atoms with van der Waals surface area (Å²) in [6, 6.07) is 0. The molecule has 112 valence electrons. The summed E-state index contributed by atoms with van der Waals surface area (Å²) in [6.45, 7) is 0. The first-order valence-corrected chi connectivity index (χ1v) is 9.04. The molecule has 7 fully saturated rings. The molecule has 1 unspecified atom stereocenters. The van der Waals surface area contributed by atoms with Crippen molar-refractivity contribution in [3.05, 3.63) is 0 Å². The molecule has 7 aliphatic carbocycles. The van der Waals surface area contributed by atoms with Gasteiger partial charge in [-0.1, -0.05) is 0 Å². The van der Waals surface area contributed by atoms with E-state index in [1.165, 1.54) is 52.1 Å². The molecule has 0 heterocycles. The van der Waals surface area contributed by atoms with Crippen LogP contribution in [0, 0.1) is 47.3 Å². The number of amides is 1. The standard InChI is InChI=1S/C14H20.CH3NO3S/c1-7-2-12-10-4-8-5-11(9(1)10)13(3-7)14(12)6-8;3-1-2-6(4)5/h7-14H,1-6H2;1H,(H,2,3)(H,4,5)/p-1. The van der Waals surface area contributed by atoms with Crippen molar-refractivity contribution in [2.75, 3.05) is 0 Å². The number of nitrogens with one attached hydrogen (secondary N) is 1. The second-order valence-electron chi connectivity index (χ2n) is 7.60. The van der Waals surface area contributed by atoms with Crippen molar-refractivity contribution in [1.82, 2.24) is 4.72 Å². The Morgan fingerprint density at radius 2 is 1.10 bits per heavy atom. The lowest BCUT2D eigenvalue weighted by Crippen LogP contribution is -2.62. The lowest BCUT2D eigenvalue weighted by molar-refractivity contribution is -0.202. The van der Waals surface area contributed by atoms with Crippen molar-refractivity contribution in [3.8, 4) is 0 Å². The summed E-state index contributed by atoms with van der Waals surface area (Å²) in [5.74, 6) is 9.74. The lowest BCUT2D eigenvalue weighted by atomic mass is 9.36. The molecule has 0 aromatic carbocycles. The van der Waals surface area contributed by atoms with Crippen LogP contribution in [0.15, 0.2) is 0 Å². The fourth-order valence-electron chi connectivity index (χ4n) is 6.93. The highest BCUT2D eigenvalue weighted by molar-refractivity contribution is 7.77. The molecular weight excluding hydrogens is 274 g/mol. The molecule has 4 nitrogen and oxygen atoms in total. The molecule has 1 amide bonds. The number of hydrogen-bond donors (Lipinski definition) is 1. The molecule has 0 aromatic rings. The van der Waals surface area contributed by atoms with Crippen LogP contribution in [0.25, 0.3) is 0 Å². The van der Waals surface area contributed by atoms with Gasteiger partial charge in [0.1, 0.15) is 0 Å². The van der Waals surface area contributed by atoms with Gasteiger partial charge < -0.3 is 4.55 Å². The Bertz CT molecular complexity index is 353. The molecule has 0 spiro atoms. The first kappa shape index (κ1) is 13.3. The zero-order valence-corrected chi connectivity index (χ0v) is 12.4. The SMILES string of the molecule is C1C2CC3C4CC5CC(C14)C(C2)C3C5.O=CNS(=O)[O-]. The molecule has 1 atom stereocenters. The summed E-state index contributed by atoms with van der Waals surface area (Å²) in [6.07, 6.45) is 10.0. The molecule has 0 saturated heterocycles. The topological polar surface area (TPSA) is 69.2 Å². The molecule has 0 aliphatic heterocycles. The van der Waals surface area contributed by atoms with Crippen molar-refractivity contribution >= 4 is 17.7 Å². The average Bonchev–Trinajstić information content (AvgIpc) is 2.44. The van der Waals surface area contributed by atoms with Crippen LogP contribution in [-0.2, 0) is 16.1 Å². The summed E-state index contributed by atoms with van der Waals surface area (Å²) >= 11 is -2.43. The maximum atomic E-state index is 9.26. The second kappa shape index (κ2) is 4.80. The number of carbonyl (C=O) groups is 1. The lowest BCUT2D eigenvalue weighted by Gasteiger charge is -2.69. The molecule has 7 saturated carbocycles. The van der Waals surface area contributed by atoms with E-state index in [9.17, 15) is 8.76 Å². The molecular formula is C15H22NO3S-. The zero-order chi connectivity index (χ0) is 13.9. The van der Waals surface area contributed by atoms with E-state index >= 15 is 0 Å². The van der Waals surface area contributed by atoms with E-state index in [0.29, 0.717) is 0 Å². The van der Waals surface area contributed by atoms with Gasteiger partial charge in [0, 0.05) is 11.3 Å². The maximum Gasteiger partial charge on any atom is 0.217 e. The normalized spacial score (nSPS) is 54.2. The van der Waals surface area contributed by atoms with E-state index in [-0.39, 0.29) is 6.41 Å². The first-order valence-electron chi connectivity index (χ1n) is 7.96. The molecule has 7 rings (SSSR count). The van der Waals surface area contributed by atoms with Crippen LogP contribution in [0.3, 0.4) is 0 Å². The monoisotopic (exact) mass is 296 g/mol. The number of carbonyl (C=O) groups excluding carboxylic acids is 1. The fraction of sp³-hybridized carbons (Fsp3) is 0.933. The van der Waals surface area contributed by atoms with E-state index in [0.717, 1.165) is 0 Å².